The maximum absolute atomic E-state index is 12.7. The Morgan fingerprint density at radius 1 is 1.27 bits per heavy atom. The molecule has 1 aliphatic heterocycles. The maximum Gasteiger partial charge on any atom is 0.242 e. The van der Waals surface area contributed by atoms with E-state index in [1.165, 1.54) is 0 Å². The van der Waals surface area contributed by atoms with Gasteiger partial charge in [-0.3, -0.25) is 9.69 Å². The van der Waals surface area contributed by atoms with Crippen LogP contribution in [0.3, 0.4) is 0 Å². The van der Waals surface area contributed by atoms with Gasteiger partial charge in [-0.15, -0.1) is 0 Å². The Morgan fingerprint density at radius 2 is 1.86 bits per heavy atom. The van der Waals surface area contributed by atoms with Gasteiger partial charge in [0, 0.05) is 6.04 Å². The first-order chi connectivity index (χ1) is 10.4. The topological polar surface area (TPSA) is 66.5 Å². The summed E-state index contributed by atoms with van der Waals surface area (Å²) in [5.41, 5.74) is 0.952. The van der Waals surface area contributed by atoms with Gasteiger partial charge in [0.1, 0.15) is 15.9 Å². The van der Waals surface area contributed by atoms with E-state index in [4.69, 9.17) is 0 Å². The van der Waals surface area contributed by atoms with E-state index in [0.29, 0.717) is 12.8 Å². The lowest BCUT2D eigenvalue weighted by Crippen LogP contribution is -2.46. The molecule has 1 heterocycles. The van der Waals surface area contributed by atoms with Crippen molar-refractivity contribution in [3.63, 3.8) is 0 Å². The van der Waals surface area contributed by atoms with E-state index >= 15 is 0 Å². The van der Waals surface area contributed by atoms with E-state index in [1.807, 2.05) is 49.2 Å². The zero-order chi connectivity index (χ0) is 16.2. The van der Waals surface area contributed by atoms with E-state index < -0.39 is 9.84 Å². The van der Waals surface area contributed by atoms with Crippen LogP contribution in [-0.4, -0.2) is 50.4 Å². The molecule has 122 valence electrons. The summed E-state index contributed by atoms with van der Waals surface area (Å²) in [6, 6.07) is 9.27. The number of hydrogen-bond donors (Lipinski definition) is 1. The molecule has 1 atom stereocenters. The maximum atomic E-state index is 12.7. The van der Waals surface area contributed by atoms with Crippen molar-refractivity contribution in [1.29, 1.82) is 0 Å². The molecule has 1 saturated heterocycles. The molecule has 0 unspecified atom stereocenters. The Balaban J connectivity index is 2.07. The van der Waals surface area contributed by atoms with Gasteiger partial charge in [0.2, 0.25) is 5.91 Å². The Bertz CT molecular complexity index is 587. The van der Waals surface area contributed by atoms with E-state index in [9.17, 15) is 13.2 Å². The summed E-state index contributed by atoms with van der Waals surface area (Å²) in [5.74, 6) is 0.273. The molecule has 1 aromatic rings. The van der Waals surface area contributed by atoms with Crippen LogP contribution in [0.15, 0.2) is 30.3 Å². The highest BCUT2D eigenvalue weighted by Crippen LogP contribution is 2.21. The molecule has 1 aliphatic rings. The van der Waals surface area contributed by atoms with Crippen LogP contribution in [0.2, 0.25) is 0 Å². The lowest BCUT2D eigenvalue weighted by molar-refractivity contribution is -0.127. The molecule has 0 saturated carbocycles. The van der Waals surface area contributed by atoms with Crippen molar-refractivity contribution in [2.24, 2.45) is 0 Å². The van der Waals surface area contributed by atoms with E-state index in [2.05, 4.69) is 5.32 Å². The third-order valence-electron chi connectivity index (χ3n) is 4.20. The van der Waals surface area contributed by atoms with Gasteiger partial charge >= 0.3 is 0 Å². The molecular weight excluding hydrogens is 300 g/mol. The van der Waals surface area contributed by atoms with E-state index in [-0.39, 0.29) is 29.5 Å². The van der Waals surface area contributed by atoms with Crippen molar-refractivity contribution in [2.75, 3.05) is 25.1 Å². The normalized spacial score (nSPS) is 19.8. The first kappa shape index (κ1) is 17.0. The summed E-state index contributed by atoms with van der Waals surface area (Å²) >= 11 is 0. The zero-order valence-corrected chi connectivity index (χ0v) is 14.0. The minimum atomic E-state index is -2.91. The predicted molar refractivity (Wildman–Crippen MR) is 87.3 cm³/mol. The van der Waals surface area contributed by atoms with Crippen LogP contribution >= 0.6 is 0 Å². The Hall–Kier alpha value is -1.40. The summed E-state index contributed by atoms with van der Waals surface area (Å²) in [6.45, 7) is 2.77. The van der Waals surface area contributed by atoms with Gasteiger partial charge in [0.15, 0.2) is 0 Å². The highest BCUT2D eigenvalue weighted by molar-refractivity contribution is 7.91. The monoisotopic (exact) mass is 324 g/mol. The number of amides is 1. The molecular formula is C16H24N2O3S. The third kappa shape index (κ3) is 4.30. The second kappa shape index (κ2) is 7.24. The number of nitrogens with zero attached hydrogens (tertiary/aromatic N) is 1. The minimum absolute atomic E-state index is 0.0486. The van der Waals surface area contributed by atoms with Gasteiger partial charge in [0.05, 0.1) is 11.5 Å². The van der Waals surface area contributed by atoms with Crippen LogP contribution < -0.4 is 5.32 Å². The fraction of sp³-hybridized carbons (Fsp3) is 0.562. The molecule has 6 heteroatoms. The first-order valence-electron chi connectivity index (χ1n) is 7.69. The summed E-state index contributed by atoms with van der Waals surface area (Å²) in [5, 5.41) is 3.03. The van der Waals surface area contributed by atoms with Crippen molar-refractivity contribution in [1.82, 2.24) is 10.2 Å². The molecule has 0 aliphatic carbocycles. The molecule has 0 radical (unpaired) electrons. The third-order valence-corrected chi connectivity index (χ3v) is 5.92. The van der Waals surface area contributed by atoms with Gasteiger partial charge in [-0.25, -0.2) is 8.42 Å². The van der Waals surface area contributed by atoms with Crippen molar-refractivity contribution in [3.05, 3.63) is 35.9 Å². The number of carbonyl (C=O) groups is 1. The molecule has 2 rings (SSSR count). The highest BCUT2D eigenvalue weighted by Gasteiger charge is 2.29. The summed E-state index contributed by atoms with van der Waals surface area (Å²) in [6.07, 6.45) is 1.01. The summed E-state index contributed by atoms with van der Waals surface area (Å²) in [7, 11) is -0.987. The number of carbonyl (C=O) groups excluding carboxylic acids is 1. The highest BCUT2D eigenvalue weighted by atomic mass is 32.2. The van der Waals surface area contributed by atoms with Crippen molar-refractivity contribution in [2.45, 2.75) is 31.8 Å². The second-order valence-corrected chi connectivity index (χ2v) is 8.12. The SMILES string of the molecule is CCN(C)[C@H](C(=O)NC1CCS(=O)(=O)CC1)c1ccccc1. The van der Waals surface area contributed by atoms with Gasteiger partial charge in [-0.2, -0.15) is 0 Å². The lowest BCUT2D eigenvalue weighted by atomic mass is 10.0. The second-order valence-electron chi connectivity index (χ2n) is 5.82. The molecule has 5 nitrogen and oxygen atoms in total. The largest absolute Gasteiger partial charge is 0.352 e. The number of rotatable bonds is 5. The quantitative estimate of drug-likeness (QED) is 0.888. The lowest BCUT2D eigenvalue weighted by Gasteiger charge is -2.30. The van der Waals surface area contributed by atoms with Gasteiger partial charge in [0.25, 0.3) is 0 Å². The van der Waals surface area contributed by atoms with Crippen LogP contribution in [0.4, 0.5) is 0 Å². The number of likely N-dealkylation sites (N-methyl/N-ethyl adjacent to an activating group) is 1. The van der Waals surface area contributed by atoms with Crippen molar-refractivity contribution >= 4 is 15.7 Å². The molecule has 1 aromatic carbocycles. The Morgan fingerprint density at radius 3 is 2.41 bits per heavy atom. The van der Waals surface area contributed by atoms with Crippen molar-refractivity contribution < 1.29 is 13.2 Å². The number of hydrogen-bond acceptors (Lipinski definition) is 4. The van der Waals surface area contributed by atoms with Crippen LogP contribution in [0.5, 0.6) is 0 Å². The minimum Gasteiger partial charge on any atom is -0.352 e. The molecule has 0 spiro atoms. The first-order valence-corrected chi connectivity index (χ1v) is 9.51. The average Bonchev–Trinajstić information content (AvgIpc) is 2.50. The standard InChI is InChI=1S/C16H24N2O3S/c1-3-18(2)15(13-7-5-4-6-8-13)16(19)17-14-9-11-22(20,21)12-10-14/h4-8,14-15H,3,9-12H2,1-2H3,(H,17,19)/t15-/m0/s1. The molecule has 0 bridgehead atoms. The fourth-order valence-corrected chi connectivity index (χ4v) is 4.23. The van der Waals surface area contributed by atoms with Crippen LogP contribution in [0.25, 0.3) is 0 Å². The molecule has 1 fully saturated rings. The number of sulfone groups is 1. The van der Waals surface area contributed by atoms with E-state index in [0.717, 1.165) is 12.1 Å². The van der Waals surface area contributed by atoms with Crippen molar-refractivity contribution in [3.8, 4) is 0 Å². The Labute approximate surface area is 132 Å². The summed E-state index contributed by atoms with van der Waals surface area (Å²) in [4.78, 5) is 14.7. The smallest absolute Gasteiger partial charge is 0.242 e. The fourth-order valence-electron chi connectivity index (χ4n) is 2.74. The Kier molecular flexibility index (Phi) is 5.58. The molecule has 1 amide bonds. The van der Waals surface area contributed by atoms with Crippen LogP contribution in [-0.2, 0) is 14.6 Å². The number of nitrogens with one attached hydrogen (secondary N) is 1. The molecule has 0 aromatic heterocycles. The molecule has 22 heavy (non-hydrogen) atoms. The van der Waals surface area contributed by atoms with Crippen LogP contribution in [0.1, 0.15) is 31.4 Å². The summed E-state index contributed by atoms with van der Waals surface area (Å²) < 4.78 is 22.9. The molecule has 1 N–H and O–H groups in total. The average molecular weight is 324 g/mol. The van der Waals surface area contributed by atoms with E-state index in [1.54, 1.807) is 0 Å². The zero-order valence-electron chi connectivity index (χ0n) is 13.2. The van der Waals surface area contributed by atoms with Gasteiger partial charge in [-0.05, 0) is 32.0 Å². The number of benzene rings is 1. The van der Waals surface area contributed by atoms with Gasteiger partial charge in [-0.1, -0.05) is 37.3 Å². The van der Waals surface area contributed by atoms with Crippen LogP contribution in [0, 0.1) is 0 Å². The predicted octanol–water partition coefficient (Wildman–Crippen LogP) is 1.37. The van der Waals surface area contributed by atoms with Gasteiger partial charge < -0.3 is 5.32 Å².